The summed E-state index contributed by atoms with van der Waals surface area (Å²) in [4.78, 5) is 38.1. The Morgan fingerprint density at radius 1 is 1.09 bits per heavy atom. The molecule has 0 spiro atoms. The van der Waals surface area contributed by atoms with Gasteiger partial charge in [0.2, 0.25) is 5.91 Å². The minimum atomic E-state index is -0.792. The van der Waals surface area contributed by atoms with E-state index in [2.05, 4.69) is 29.6 Å². The van der Waals surface area contributed by atoms with Crippen molar-refractivity contribution in [1.29, 1.82) is 0 Å². The van der Waals surface area contributed by atoms with Gasteiger partial charge in [-0.3, -0.25) is 9.59 Å². The summed E-state index contributed by atoms with van der Waals surface area (Å²) in [5.74, 6) is -1.17. The molecule has 0 aromatic heterocycles. The predicted molar refractivity (Wildman–Crippen MR) is 128 cm³/mol. The molecule has 3 atom stereocenters. The molecule has 7 nitrogen and oxygen atoms in total. The van der Waals surface area contributed by atoms with Gasteiger partial charge in [-0.15, -0.1) is 0 Å². The summed E-state index contributed by atoms with van der Waals surface area (Å²) in [5.41, 5.74) is 4.69. The van der Waals surface area contributed by atoms with E-state index in [-0.39, 0.29) is 36.4 Å². The Kier molecular flexibility index (Phi) is 7.20. The van der Waals surface area contributed by atoms with Crippen LogP contribution in [-0.4, -0.2) is 53.2 Å². The van der Waals surface area contributed by atoms with Crippen molar-refractivity contribution in [3.8, 4) is 11.1 Å². The number of amides is 2. The maximum absolute atomic E-state index is 12.6. The molecular formula is C27H32N2O5. The third-order valence-corrected chi connectivity index (χ3v) is 7.04. The van der Waals surface area contributed by atoms with E-state index < -0.39 is 12.1 Å². The number of carbonyl (C=O) groups is 3. The van der Waals surface area contributed by atoms with Gasteiger partial charge < -0.3 is 20.1 Å². The Hall–Kier alpha value is -3.35. The average Bonchev–Trinajstić information content (AvgIpc) is 3.15. The molecule has 2 amide bonds. The zero-order chi connectivity index (χ0) is 24.2. The van der Waals surface area contributed by atoms with Crippen LogP contribution in [0.15, 0.2) is 48.5 Å². The number of piperidine rings is 1. The maximum Gasteiger partial charge on any atom is 0.407 e. The van der Waals surface area contributed by atoms with Crippen molar-refractivity contribution in [1.82, 2.24) is 10.2 Å². The topological polar surface area (TPSA) is 95.9 Å². The van der Waals surface area contributed by atoms with Crippen LogP contribution >= 0.6 is 0 Å². The molecule has 180 valence electrons. The lowest BCUT2D eigenvalue weighted by Gasteiger charge is -2.36. The molecule has 0 bridgehead atoms. The van der Waals surface area contributed by atoms with Crippen LogP contribution in [0.1, 0.15) is 56.6 Å². The SMILES string of the molecule is CC(CCC(=O)N1CC[C@H](C(=O)O)C[C@@H]1C)NC(=O)OCC1c2ccccc2-c2ccccc21. The first kappa shape index (κ1) is 23.8. The number of ether oxygens (including phenoxy) is 1. The van der Waals surface area contributed by atoms with Crippen LogP contribution in [0.5, 0.6) is 0 Å². The molecule has 1 fully saturated rings. The van der Waals surface area contributed by atoms with Crippen LogP contribution in [0.3, 0.4) is 0 Å². The zero-order valence-electron chi connectivity index (χ0n) is 19.7. The first-order valence-corrected chi connectivity index (χ1v) is 12.0. The van der Waals surface area contributed by atoms with Gasteiger partial charge in [-0.05, 0) is 55.4 Å². The Morgan fingerprint density at radius 3 is 2.29 bits per heavy atom. The Labute approximate surface area is 200 Å². The van der Waals surface area contributed by atoms with Gasteiger partial charge in [0.25, 0.3) is 0 Å². The third-order valence-electron chi connectivity index (χ3n) is 7.04. The van der Waals surface area contributed by atoms with Crippen LogP contribution in [-0.2, 0) is 14.3 Å². The number of benzene rings is 2. The highest BCUT2D eigenvalue weighted by Crippen LogP contribution is 2.44. The summed E-state index contributed by atoms with van der Waals surface area (Å²) in [5, 5.41) is 12.0. The van der Waals surface area contributed by atoms with Crippen LogP contribution in [0, 0.1) is 5.92 Å². The van der Waals surface area contributed by atoms with Crippen molar-refractivity contribution in [3.63, 3.8) is 0 Å². The van der Waals surface area contributed by atoms with E-state index in [4.69, 9.17) is 4.74 Å². The van der Waals surface area contributed by atoms with Crippen LogP contribution in [0.25, 0.3) is 11.1 Å². The molecule has 1 aliphatic carbocycles. The van der Waals surface area contributed by atoms with E-state index in [0.717, 1.165) is 11.1 Å². The van der Waals surface area contributed by atoms with Crippen molar-refractivity contribution < 1.29 is 24.2 Å². The number of aliphatic carboxylic acids is 1. The summed E-state index contributed by atoms with van der Waals surface area (Å²) in [6.07, 6.45) is 1.27. The number of carboxylic acid groups (broad SMARTS) is 1. The van der Waals surface area contributed by atoms with Crippen molar-refractivity contribution >= 4 is 18.0 Å². The predicted octanol–water partition coefficient (Wildman–Crippen LogP) is 4.41. The summed E-state index contributed by atoms with van der Waals surface area (Å²) in [7, 11) is 0. The molecule has 4 rings (SSSR count). The quantitative estimate of drug-likeness (QED) is 0.633. The van der Waals surface area contributed by atoms with Crippen LogP contribution in [0.4, 0.5) is 4.79 Å². The molecule has 0 saturated carbocycles. The second-order valence-corrected chi connectivity index (χ2v) is 9.41. The number of likely N-dealkylation sites (tertiary alicyclic amines) is 1. The van der Waals surface area contributed by atoms with Gasteiger partial charge in [0.15, 0.2) is 0 Å². The number of carboxylic acids is 1. The standard InChI is InChI=1S/C27H32N2O5/c1-17(11-12-25(30)29-14-13-19(26(31)32)15-18(29)2)28-27(33)34-16-24-22-9-5-3-7-20(22)21-8-4-6-10-23(21)24/h3-10,17-19,24H,11-16H2,1-2H3,(H,28,33)(H,31,32)/t17?,18-,19-/m0/s1. The molecule has 2 aromatic carbocycles. The molecule has 0 radical (unpaired) electrons. The fourth-order valence-corrected chi connectivity index (χ4v) is 5.16. The van der Waals surface area contributed by atoms with Crippen molar-refractivity contribution in [2.45, 2.75) is 57.5 Å². The Morgan fingerprint density at radius 2 is 1.71 bits per heavy atom. The lowest BCUT2D eigenvalue weighted by Crippen LogP contribution is -2.46. The summed E-state index contributed by atoms with van der Waals surface area (Å²) in [6, 6.07) is 16.1. The van der Waals surface area contributed by atoms with Gasteiger partial charge in [0, 0.05) is 31.0 Å². The highest BCUT2D eigenvalue weighted by atomic mass is 16.5. The van der Waals surface area contributed by atoms with Gasteiger partial charge in [-0.1, -0.05) is 48.5 Å². The molecule has 1 saturated heterocycles. The average molecular weight is 465 g/mol. The molecule has 7 heteroatoms. The number of rotatable bonds is 7. The van der Waals surface area contributed by atoms with Gasteiger partial charge in [0.1, 0.15) is 6.61 Å². The van der Waals surface area contributed by atoms with E-state index in [0.29, 0.717) is 32.2 Å². The Bertz CT molecular complexity index is 1020. The molecule has 2 N–H and O–H groups in total. The zero-order valence-corrected chi connectivity index (χ0v) is 19.7. The second-order valence-electron chi connectivity index (χ2n) is 9.41. The van der Waals surface area contributed by atoms with E-state index in [9.17, 15) is 19.5 Å². The summed E-state index contributed by atoms with van der Waals surface area (Å²) in [6.45, 7) is 4.47. The van der Waals surface area contributed by atoms with Crippen molar-refractivity contribution in [2.75, 3.05) is 13.2 Å². The summed E-state index contributed by atoms with van der Waals surface area (Å²) >= 11 is 0. The molecular weight excluding hydrogens is 432 g/mol. The first-order valence-electron chi connectivity index (χ1n) is 12.0. The van der Waals surface area contributed by atoms with Crippen LogP contribution in [0.2, 0.25) is 0 Å². The monoisotopic (exact) mass is 464 g/mol. The molecule has 34 heavy (non-hydrogen) atoms. The van der Waals surface area contributed by atoms with Gasteiger partial charge in [0.05, 0.1) is 5.92 Å². The van der Waals surface area contributed by atoms with Gasteiger partial charge in [-0.25, -0.2) is 4.79 Å². The van der Waals surface area contributed by atoms with E-state index in [1.54, 1.807) is 4.90 Å². The lowest BCUT2D eigenvalue weighted by atomic mass is 9.91. The number of fused-ring (bicyclic) bond motifs is 3. The normalized spacial score (nSPS) is 20.2. The lowest BCUT2D eigenvalue weighted by molar-refractivity contribution is -0.147. The smallest absolute Gasteiger partial charge is 0.407 e. The highest BCUT2D eigenvalue weighted by molar-refractivity contribution is 5.79. The third kappa shape index (κ3) is 5.08. The van der Waals surface area contributed by atoms with E-state index in [1.807, 2.05) is 38.1 Å². The van der Waals surface area contributed by atoms with Gasteiger partial charge in [-0.2, -0.15) is 0 Å². The molecule has 2 aromatic rings. The van der Waals surface area contributed by atoms with Crippen molar-refractivity contribution in [2.24, 2.45) is 5.92 Å². The van der Waals surface area contributed by atoms with Crippen LogP contribution < -0.4 is 5.32 Å². The largest absolute Gasteiger partial charge is 0.481 e. The molecule has 1 aliphatic heterocycles. The maximum atomic E-state index is 12.6. The first-order chi connectivity index (χ1) is 16.3. The molecule has 1 heterocycles. The minimum Gasteiger partial charge on any atom is -0.481 e. The number of nitrogens with zero attached hydrogens (tertiary/aromatic N) is 1. The fourth-order valence-electron chi connectivity index (χ4n) is 5.16. The number of nitrogens with one attached hydrogen (secondary N) is 1. The van der Waals surface area contributed by atoms with Crippen molar-refractivity contribution in [3.05, 3.63) is 59.7 Å². The summed E-state index contributed by atoms with van der Waals surface area (Å²) < 4.78 is 5.58. The number of hydrogen-bond donors (Lipinski definition) is 2. The number of carbonyl (C=O) groups excluding carboxylic acids is 2. The Balaban J connectivity index is 1.24. The van der Waals surface area contributed by atoms with E-state index in [1.165, 1.54) is 11.1 Å². The van der Waals surface area contributed by atoms with Gasteiger partial charge >= 0.3 is 12.1 Å². The highest BCUT2D eigenvalue weighted by Gasteiger charge is 2.32. The number of hydrogen-bond acceptors (Lipinski definition) is 4. The second kappa shape index (κ2) is 10.3. The minimum absolute atomic E-state index is 0.00229. The fraction of sp³-hybridized carbons (Fsp3) is 0.444. The molecule has 2 aliphatic rings. The number of alkyl carbamates (subject to hydrolysis) is 1. The van der Waals surface area contributed by atoms with E-state index >= 15 is 0 Å². The molecule has 1 unspecified atom stereocenters.